The zero-order chi connectivity index (χ0) is 14.8. The molecule has 116 valence electrons. The summed E-state index contributed by atoms with van der Waals surface area (Å²) in [5, 5.41) is 9.40. The van der Waals surface area contributed by atoms with Crippen LogP contribution in [-0.2, 0) is 9.59 Å². The largest absolute Gasteiger partial charge is 0.510 e. The highest BCUT2D eigenvalue weighted by Gasteiger charge is 2.33. The Morgan fingerprint density at radius 1 is 1.14 bits per heavy atom. The van der Waals surface area contributed by atoms with Gasteiger partial charge < -0.3 is 5.11 Å². The maximum Gasteiger partial charge on any atom is 0.226 e. The number of hydrogen-bond acceptors (Lipinski definition) is 4. The molecule has 0 aromatic carbocycles. The molecule has 0 spiro atoms. The van der Waals surface area contributed by atoms with Gasteiger partial charge in [-0.05, 0) is 37.0 Å². The van der Waals surface area contributed by atoms with Crippen LogP contribution in [0.15, 0.2) is 11.3 Å². The first-order chi connectivity index (χ1) is 10.1. The van der Waals surface area contributed by atoms with E-state index in [2.05, 4.69) is 0 Å². The highest BCUT2D eigenvalue weighted by atomic mass is 32.2. The van der Waals surface area contributed by atoms with E-state index in [9.17, 15) is 14.7 Å². The molecule has 2 saturated carbocycles. The lowest BCUT2D eigenvalue weighted by Gasteiger charge is -2.39. The minimum absolute atomic E-state index is 0.00834. The van der Waals surface area contributed by atoms with Crippen molar-refractivity contribution in [2.75, 3.05) is 5.75 Å². The Kier molecular flexibility index (Phi) is 4.72. The molecule has 1 N–H and O–H groups in total. The average molecular weight is 308 g/mol. The van der Waals surface area contributed by atoms with Gasteiger partial charge in [-0.3, -0.25) is 9.59 Å². The van der Waals surface area contributed by atoms with Gasteiger partial charge >= 0.3 is 0 Å². The fraction of sp³-hybridized carbons (Fsp3) is 0.765. The summed E-state index contributed by atoms with van der Waals surface area (Å²) in [6.45, 7) is 0. The van der Waals surface area contributed by atoms with Gasteiger partial charge in [0.15, 0.2) is 5.78 Å². The van der Waals surface area contributed by atoms with E-state index in [1.54, 1.807) is 0 Å². The molecular formula is C17H24O3S. The van der Waals surface area contributed by atoms with E-state index >= 15 is 0 Å². The van der Waals surface area contributed by atoms with Crippen LogP contribution >= 0.6 is 11.8 Å². The van der Waals surface area contributed by atoms with E-state index in [0.717, 1.165) is 30.0 Å². The van der Waals surface area contributed by atoms with Gasteiger partial charge in [0, 0.05) is 6.42 Å². The molecule has 3 unspecified atom stereocenters. The van der Waals surface area contributed by atoms with E-state index < -0.39 is 0 Å². The summed E-state index contributed by atoms with van der Waals surface area (Å²) in [5.74, 6) is 2.57. The highest BCUT2D eigenvalue weighted by Crippen LogP contribution is 2.44. The van der Waals surface area contributed by atoms with Crippen LogP contribution in [0, 0.1) is 17.8 Å². The van der Waals surface area contributed by atoms with Crippen LogP contribution in [0.3, 0.4) is 0 Å². The molecule has 1 aliphatic heterocycles. The Balaban J connectivity index is 1.50. The van der Waals surface area contributed by atoms with Crippen molar-refractivity contribution in [1.29, 1.82) is 0 Å². The van der Waals surface area contributed by atoms with Gasteiger partial charge in [-0.1, -0.05) is 43.9 Å². The summed E-state index contributed by atoms with van der Waals surface area (Å²) in [4.78, 5) is 23.7. The number of aliphatic hydroxyl groups excluding tert-OH is 1. The topological polar surface area (TPSA) is 54.4 Å². The first-order valence-electron chi connectivity index (χ1n) is 8.27. The standard InChI is InChI=1S/C17H24O3S/c18-14(16-15(19)10-21-17(16)20)8-6-11-5-7-12-3-1-2-4-13(12)9-11/h11-13,19H,1-10H2. The van der Waals surface area contributed by atoms with Crippen molar-refractivity contribution in [1.82, 2.24) is 0 Å². The SMILES string of the molecule is O=C(CCC1CCC2CCCCC2C1)C1=C(O)CSC1=O. The second-order valence-corrected chi connectivity index (χ2v) is 7.79. The Morgan fingerprint density at radius 2 is 1.90 bits per heavy atom. The molecule has 0 aromatic heterocycles. The van der Waals surface area contributed by atoms with Gasteiger partial charge in [-0.25, -0.2) is 0 Å². The number of ketones is 1. The Labute approximate surface area is 130 Å². The second-order valence-electron chi connectivity index (χ2n) is 6.84. The molecule has 1 heterocycles. The number of aliphatic hydroxyl groups is 1. The number of carbonyl (C=O) groups is 2. The molecule has 4 heteroatoms. The smallest absolute Gasteiger partial charge is 0.226 e. The van der Waals surface area contributed by atoms with Crippen LogP contribution < -0.4 is 0 Å². The van der Waals surface area contributed by atoms with E-state index in [0.29, 0.717) is 12.3 Å². The number of Topliss-reactive ketones (excluding diaryl/α,β-unsaturated/α-hetero) is 1. The summed E-state index contributed by atoms with van der Waals surface area (Å²) in [7, 11) is 0. The van der Waals surface area contributed by atoms with Crippen LogP contribution in [0.5, 0.6) is 0 Å². The maximum absolute atomic E-state index is 12.1. The predicted molar refractivity (Wildman–Crippen MR) is 84.1 cm³/mol. The van der Waals surface area contributed by atoms with Gasteiger partial charge in [0.25, 0.3) is 0 Å². The summed E-state index contributed by atoms with van der Waals surface area (Å²) in [6.07, 6.45) is 10.7. The van der Waals surface area contributed by atoms with Crippen LogP contribution in [-0.4, -0.2) is 21.8 Å². The van der Waals surface area contributed by atoms with E-state index in [-0.39, 0.29) is 28.0 Å². The maximum atomic E-state index is 12.1. The highest BCUT2D eigenvalue weighted by molar-refractivity contribution is 8.14. The van der Waals surface area contributed by atoms with Crippen molar-refractivity contribution in [2.24, 2.45) is 17.8 Å². The number of hydrogen-bond donors (Lipinski definition) is 1. The Hall–Kier alpha value is -0.770. The van der Waals surface area contributed by atoms with Crippen molar-refractivity contribution in [3.8, 4) is 0 Å². The molecule has 3 aliphatic rings. The fourth-order valence-electron chi connectivity index (χ4n) is 4.36. The van der Waals surface area contributed by atoms with Crippen molar-refractivity contribution < 1.29 is 14.7 Å². The quantitative estimate of drug-likeness (QED) is 0.797. The fourth-order valence-corrected chi connectivity index (χ4v) is 5.15. The molecule has 2 aliphatic carbocycles. The van der Waals surface area contributed by atoms with Crippen LogP contribution in [0.2, 0.25) is 0 Å². The van der Waals surface area contributed by atoms with Crippen molar-refractivity contribution >= 4 is 22.7 Å². The number of rotatable bonds is 4. The zero-order valence-corrected chi connectivity index (χ0v) is 13.3. The second kappa shape index (κ2) is 6.55. The third-order valence-corrected chi connectivity index (χ3v) is 6.42. The van der Waals surface area contributed by atoms with Crippen LogP contribution in [0.25, 0.3) is 0 Å². The van der Waals surface area contributed by atoms with Crippen molar-refractivity contribution in [2.45, 2.75) is 57.8 Å². The van der Waals surface area contributed by atoms with Gasteiger partial charge in [0.05, 0.1) is 5.75 Å². The van der Waals surface area contributed by atoms with Gasteiger partial charge in [-0.15, -0.1) is 0 Å². The Morgan fingerprint density at radius 3 is 2.62 bits per heavy atom. The third kappa shape index (κ3) is 3.36. The first kappa shape index (κ1) is 15.1. The summed E-state index contributed by atoms with van der Waals surface area (Å²) >= 11 is 1.03. The molecule has 0 bridgehead atoms. The minimum atomic E-state index is -0.242. The van der Waals surface area contributed by atoms with Crippen molar-refractivity contribution in [3.63, 3.8) is 0 Å². The molecular weight excluding hydrogens is 284 g/mol. The predicted octanol–water partition coefficient (Wildman–Crippen LogP) is 4.03. The molecule has 0 radical (unpaired) electrons. The number of fused-ring (bicyclic) bond motifs is 1. The van der Waals surface area contributed by atoms with Crippen molar-refractivity contribution in [3.05, 3.63) is 11.3 Å². The average Bonchev–Trinajstić information content (AvgIpc) is 2.84. The molecule has 0 amide bonds. The number of carbonyl (C=O) groups excluding carboxylic acids is 2. The molecule has 3 rings (SSSR count). The van der Waals surface area contributed by atoms with Crippen LogP contribution in [0.1, 0.15) is 57.8 Å². The summed E-state index contributed by atoms with van der Waals surface area (Å²) in [6, 6.07) is 0. The van der Waals surface area contributed by atoms with E-state index in [4.69, 9.17) is 0 Å². The van der Waals surface area contributed by atoms with Gasteiger partial charge in [-0.2, -0.15) is 0 Å². The molecule has 3 atom stereocenters. The summed E-state index contributed by atoms with van der Waals surface area (Å²) in [5.41, 5.74) is 0.0753. The lowest BCUT2D eigenvalue weighted by Crippen LogP contribution is -2.28. The third-order valence-electron chi connectivity index (χ3n) is 5.54. The summed E-state index contributed by atoms with van der Waals surface area (Å²) < 4.78 is 0. The Bertz CT molecular complexity index is 469. The first-order valence-corrected chi connectivity index (χ1v) is 9.26. The van der Waals surface area contributed by atoms with E-state index in [1.807, 2.05) is 0 Å². The minimum Gasteiger partial charge on any atom is -0.510 e. The number of thioether (sulfide) groups is 1. The zero-order valence-electron chi connectivity index (χ0n) is 12.5. The monoisotopic (exact) mass is 308 g/mol. The normalized spacial score (nSPS) is 33.1. The lowest BCUT2D eigenvalue weighted by atomic mass is 9.67. The molecule has 3 nitrogen and oxygen atoms in total. The van der Waals surface area contributed by atoms with Gasteiger partial charge in [0.1, 0.15) is 11.3 Å². The van der Waals surface area contributed by atoms with Crippen LogP contribution in [0.4, 0.5) is 0 Å². The van der Waals surface area contributed by atoms with E-state index in [1.165, 1.54) is 44.9 Å². The lowest BCUT2D eigenvalue weighted by molar-refractivity contribution is -0.118. The van der Waals surface area contributed by atoms with Gasteiger partial charge in [0.2, 0.25) is 5.12 Å². The molecule has 0 aromatic rings. The molecule has 2 fully saturated rings. The molecule has 21 heavy (non-hydrogen) atoms. The molecule has 0 saturated heterocycles.